The van der Waals surface area contributed by atoms with E-state index in [1.54, 1.807) is 0 Å². The van der Waals surface area contributed by atoms with Gasteiger partial charge >= 0.3 is 0 Å². The molecule has 1 heterocycles. The zero-order valence-electron chi connectivity index (χ0n) is 9.11. The topological polar surface area (TPSA) is 37.4 Å². The van der Waals surface area contributed by atoms with Crippen molar-refractivity contribution in [2.24, 2.45) is 0 Å². The molecule has 0 radical (unpaired) electrons. The Bertz CT molecular complexity index is 499. The Morgan fingerprint density at radius 3 is 2.81 bits per heavy atom. The minimum absolute atomic E-state index is 0.0893. The van der Waals surface area contributed by atoms with Crippen LogP contribution in [0.3, 0.4) is 0 Å². The number of benzene rings is 1. The summed E-state index contributed by atoms with van der Waals surface area (Å²) in [6.07, 6.45) is 0.985. The van der Waals surface area contributed by atoms with Crippen LogP contribution >= 0.6 is 10.7 Å². The van der Waals surface area contributed by atoms with Crippen molar-refractivity contribution in [3.05, 3.63) is 29.3 Å². The summed E-state index contributed by atoms with van der Waals surface area (Å²) in [7, 11) is 1.78. The van der Waals surface area contributed by atoms with Gasteiger partial charge in [0.15, 0.2) is 0 Å². The summed E-state index contributed by atoms with van der Waals surface area (Å²) >= 11 is 0. The maximum absolute atomic E-state index is 11.0. The van der Waals surface area contributed by atoms with Gasteiger partial charge in [0.25, 0.3) is 0 Å². The van der Waals surface area contributed by atoms with Gasteiger partial charge in [-0.3, -0.25) is 0 Å². The first-order valence-corrected chi connectivity index (χ1v) is 7.76. The van der Waals surface area contributed by atoms with E-state index in [2.05, 4.69) is 11.8 Å². The predicted octanol–water partition coefficient (Wildman–Crippen LogP) is 2.14. The van der Waals surface area contributed by atoms with Crippen molar-refractivity contribution < 1.29 is 8.42 Å². The van der Waals surface area contributed by atoms with E-state index < -0.39 is 9.05 Å². The van der Waals surface area contributed by atoms with Crippen molar-refractivity contribution in [3.8, 4) is 0 Å². The highest BCUT2D eigenvalue weighted by Crippen LogP contribution is 2.29. The molecule has 0 atom stereocenters. The van der Waals surface area contributed by atoms with Crippen LogP contribution in [0.4, 0.5) is 5.69 Å². The van der Waals surface area contributed by atoms with E-state index in [0.29, 0.717) is 0 Å². The normalized spacial score (nSPS) is 15.2. The Morgan fingerprint density at radius 2 is 2.19 bits per heavy atom. The van der Waals surface area contributed by atoms with E-state index >= 15 is 0 Å². The van der Waals surface area contributed by atoms with Crippen molar-refractivity contribution >= 4 is 25.4 Å². The fourth-order valence-corrected chi connectivity index (χ4v) is 3.10. The van der Waals surface area contributed by atoms with Crippen molar-refractivity contribution in [1.29, 1.82) is 0 Å². The molecule has 2 rings (SSSR count). The molecule has 1 aromatic rings. The Balaban J connectivity index is 2.28. The third kappa shape index (κ3) is 2.50. The van der Waals surface area contributed by atoms with Crippen LogP contribution in [-0.2, 0) is 21.2 Å². The van der Waals surface area contributed by atoms with Gasteiger partial charge in [0.05, 0.1) is 5.75 Å². The maximum atomic E-state index is 11.0. The lowest BCUT2D eigenvalue weighted by Gasteiger charge is -2.16. The summed E-state index contributed by atoms with van der Waals surface area (Å²) in [6.45, 7) is 4.12. The fourth-order valence-electron chi connectivity index (χ4n) is 2.14. The lowest BCUT2D eigenvalue weighted by molar-refractivity contribution is 0.609. The molecule has 16 heavy (non-hydrogen) atoms. The molecular formula is C11H14ClNO2S. The van der Waals surface area contributed by atoms with Crippen molar-refractivity contribution in [2.75, 3.05) is 18.0 Å². The quantitative estimate of drug-likeness (QED) is 0.781. The summed E-state index contributed by atoms with van der Waals surface area (Å²) in [5, 5.41) is 0. The number of nitrogens with zero attached hydrogens (tertiary/aromatic N) is 1. The standard InChI is InChI=1S/C11H14ClNO2S/c1-2-13-6-5-10-7-9(3-4-11(10)13)8-16(12,14)15/h3-4,7H,2,5-6,8H2,1H3. The first-order chi connectivity index (χ1) is 7.49. The average Bonchev–Trinajstić information content (AvgIpc) is 2.57. The number of hydrogen-bond acceptors (Lipinski definition) is 3. The lowest BCUT2D eigenvalue weighted by Crippen LogP contribution is -2.19. The number of rotatable bonds is 3. The third-order valence-corrected chi connectivity index (χ3v) is 3.86. The van der Waals surface area contributed by atoms with Crippen LogP contribution < -0.4 is 4.90 Å². The summed E-state index contributed by atoms with van der Waals surface area (Å²) in [4.78, 5) is 2.29. The van der Waals surface area contributed by atoms with Crippen molar-refractivity contribution in [3.63, 3.8) is 0 Å². The van der Waals surface area contributed by atoms with E-state index in [4.69, 9.17) is 10.7 Å². The van der Waals surface area contributed by atoms with E-state index in [0.717, 1.165) is 25.1 Å². The smallest absolute Gasteiger partial charge is 0.236 e. The molecular weight excluding hydrogens is 246 g/mol. The molecule has 5 heteroatoms. The molecule has 0 saturated heterocycles. The van der Waals surface area contributed by atoms with Gasteiger partial charge in [0.1, 0.15) is 0 Å². The van der Waals surface area contributed by atoms with Crippen LogP contribution in [0.1, 0.15) is 18.1 Å². The number of fused-ring (bicyclic) bond motifs is 1. The highest BCUT2D eigenvalue weighted by Gasteiger charge is 2.18. The molecule has 0 saturated carbocycles. The first-order valence-electron chi connectivity index (χ1n) is 5.28. The van der Waals surface area contributed by atoms with Crippen LogP contribution in [-0.4, -0.2) is 21.5 Å². The van der Waals surface area contributed by atoms with Crippen LogP contribution in [0.2, 0.25) is 0 Å². The molecule has 0 N–H and O–H groups in total. The molecule has 0 amide bonds. The predicted molar refractivity (Wildman–Crippen MR) is 66.5 cm³/mol. The molecule has 1 aromatic carbocycles. The second-order valence-corrected chi connectivity index (χ2v) is 6.75. The van der Waals surface area contributed by atoms with Gasteiger partial charge in [-0.25, -0.2) is 8.42 Å². The first kappa shape index (κ1) is 11.7. The highest BCUT2D eigenvalue weighted by atomic mass is 35.7. The van der Waals surface area contributed by atoms with E-state index in [9.17, 15) is 8.42 Å². The average molecular weight is 260 g/mol. The molecule has 0 spiro atoms. The number of halogens is 1. The van der Waals surface area contributed by atoms with Crippen LogP contribution in [0.15, 0.2) is 18.2 Å². The number of anilines is 1. The van der Waals surface area contributed by atoms with Gasteiger partial charge < -0.3 is 4.90 Å². The van der Waals surface area contributed by atoms with Gasteiger partial charge in [-0.1, -0.05) is 12.1 Å². The van der Waals surface area contributed by atoms with Crippen LogP contribution in [0.25, 0.3) is 0 Å². The second kappa shape index (κ2) is 4.26. The van der Waals surface area contributed by atoms with Crippen LogP contribution in [0.5, 0.6) is 0 Å². The van der Waals surface area contributed by atoms with Gasteiger partial charge in [-0.05, 0) is 30.5 Å². The van der Waals surface area contributed by atoms with Gasteiger partial charge in [0, 0.05) is 29.5 Å². The van der Waals surface area contributed by atoms with Gasteiger partial charge in [0.2, 0.25) is 9.05 Å². The third-order valence-electron chi connectivity index (χ3n) is 2.86. The van der Waals surface area contributed by atoms with E-state index in [1.165, 1.54) is 11.3 Å². The molecule has 3 nitrogen and oxygen atoms in total. The maximum Gasteiger partial charge on any atom is 0.236 e. The van der Waals surface area contributed by atoms with E-state index in [1.807, 2.05) is 18.2 Å². The number of likely N-dealkylation sites (N-methyl/N-ethyl adjacent to an activating group) is 1. The summed E-state index contributed by atoms with van der Waals surface area (Å²) in [6, 6.07) is 5.78. The zero-order valence-corrected chi connectivity index (χ0v) is 10.7. The lowest BCUT2D eigenvalue weighted by atomic mass is 10.1. The molecule has 0 unspecified atom stereocenters. The highest BCUT2D eigenvalue weighted by molar-refractivity contribution is 8.13. The van der Waals surface area contributed by atoms with Gasteiger partial charge in [-0.15, -0.1) is 0 Å². The Hall–Kier alpha value is -0.740. The van der Waals surface area contributed by atoms with Crippen LogP contribution in [0, 0.1) is 0 Å². The summed E-state index contributed by atoms with van der Waals surface area (Å²) in [5.74, 6) is -0.0893. The molecule has 0 bridgehead atoms. The molecule has 0 aromatic heterocycles. The second-order valence-electron chi connectivity index (χ2n) is 3.98. The Kier molecular flexibility index (Phi) is 3.13. The minimum atomic E-state index is -3.46. The molecule has 1 aliphatic rings. The van der Waals surface area contributed by atoms with E-state index in [-0.39, 0.29) is 5.75 Å². The monoisotopic (exact) mass is 259 g/mol. The van der Waals surface area contributed by atoms with Crippen molar-refractivity contribution in [2.45, 2.75) is 19.1 Å². The SMILES string of the molecule is CCN1CCc2cc(CS(=O)(=O)Cl)ccc21. The molecule has 0 fully saturated rings. The Labute approximate surface area is 100 Å². The molecule has 88 valence electrons. The minimum Gasteiger partial charge on any atom is -0.371 e. The molecule has 1 aliphatic heterocycles. The van der Waals surface area contributed by atoms with Crippen molar-refractivity contribution in [1.82, 2.24) is 0 Å². The van der Waals surface area contributed by atoms with Gasteiger partial charge in [-0.2, -0.15) is 0 Å². The molecule has 0 aliphatic carbocycles. The largest absolute Gasteiger partial charge is 0.371 e. The zero-order chi connectivity index (χ0) is 11.8. The fraction of sp³-hybridized carbons (Fsp3) is 0.455. The number of hydrogen-bond donors (Lipinski definition) is 0. The summed E-state index contributed by atoms with van der Waals surface area (Å²) < 4.78 is 22.0. The summed E-state index contributed by atoms with van der Waals surface area (Å²) in [5.41, 5.74) is 3.21. The Morgan fingerprint density at radius 1 is 1.44 bits per heavy atom.